The van der Waals surface area contributed by atoms with Gasteiger partial charge in [-0.3, -0.25) is 19.4 Å². The van der Waals surface area contributed by atoms with Crippen LogP contribution in [0.4, 0.5) is 4.79 Å². The highest BCUT2D eigenvalue weighted by molar-refractivity contribution is 6.28. The first kappa shape index (κ1) is 14.3. The number of rotatable bonds is 1. The van der Waals surface area contributed by atoms with Crippen molar-refractivity contribution in [2.45, 2.75) is 38.5 Å². The van der Waals surface area contributed by atoms with E-state index < -0.39 is 17.8 Å². The first-order valence-electron chi connectivity index (χ1n) is 7.82. The van der Waals surface area contributed by atoms with Gasteiger partial charge in [0.2, 0.25) is 0 Å². The second-order valence-corrected chi connectivity index (χ2v) is 6.54. The molecular formula is C16H22N2O3. The number of barbiturate groups is 1. The lowest BCUT2D eigenvalue weighted by molar-refractivity contribution is -0.134. The summed E-state index contributed by atoms with van der Waals surface area (Å²) in [5.41, 5.74) is 0.177. The first-order chi connectivity index (χ1) is 10.0. The molecule has 0 spiro atoms. The smallest absolute Gasteiger partial charge is 0.268 e. The molecule has 3 rings (SSSR count). The monoisotopic (exact) mass is 290 g/mol. The zero-order valence-electron chi connectivity index (χ0n) is 12.7. The van der Waals surface area contributed by atoms with E-state index in [0.29, 0.717) is 11.8 Å². The van der Waals surface area contributed by atoms with Crippen LogP contribution in [0.25, 0.3) is 0 Å². The summed E-state index contributed by atoms with van der Waals surface area (Å²) in [6.45, 7) is 0. The average molecular weight is 290 g/mol. The molecule has 0 radical (unpaired) electrons. The Kier molecular flexibility index (Phi) is 3.59. The predicted octanol–water partition coefficient (Wildman–Crippen LogP) is 2.18. The maximum atomic E-state index is 12.2. The summed E-state index contributed by atoms with van der Waals surface area (Å²) < 4.78 is 0. The summed E-state index contributed by atoms with van der Waals surface area (Å²) in [5, 5.41) is 0. The standard InChI is InChI=1S/C16H22N2O3/c1-17-14(19)13(15(20)18(2)16(17)21)9-11-8-7-10-5-3-4-6-12(10)11/h9-12H,3-8H2,1-2H3. The Labute approximate surface area is 125 Å². The van der Waals surface area contributed by atoms with Crippen LogP contribution in [0.2, 0.25) is 0 Å². The van der Waals surface area contributed by atoms with E-state index >= 15 is 0 Å². The molecule has 5 nitrogen and oxygen atoms in total. The summed E-state index contributed by atoms with van der Waals surface area (Å²) in [5.74, 6) is 0.768. The van der Waals surface area contributed by atoms with Gasteiger partial charge in [-0.1, -0.05) is 25.3 Å². The lowest BCUT2D eigenvalue weighted by Gasteiger charge is -2.31. The zero-order chi connectivity index (χ0) is 15.1. The number of hydrogen-bond donors (Lipinski definition) is 0. The Bertz CT molecular complexity index is 500. The maximum Gasteiger partial charge on any atom is 0.333 e. The summed E-state index contributed by atoms with van der Waals surface area (Å²) in [7, 11) is 2.86. The van der Waals surface area contributed by atoms with Gasteiger partial charge in [-0.2, -0.15) is 0 Å². The maximum absolute atomic E-state index is 12.2. The molecule has 114 valence electrons. The number of amides is 4. The number of carbonyl (C=O) groups excluding carboxylic acids is 3. The highest BCUT2D eigenvalue weighted by Crippen LogP contribution is 2.46. The molecule has 4 amide bonds. The van der Waals surface area contributed by atoms with Crippen molar-refractivity contribution in [1.29, 1.82) is 0 Å². The van der Waals surface area contributed by atoms with Gasteiger partial charge in [0.15, 0.2) is 0 Å². The fourth-order valence-electron chi connectivity index (χ4n) is 4.19. The van der Waals surface area contributed by atoms with Crippen molar-refractivity contribution >= 4 is 17.8 Å². The highest BCUT2D eigenvalue weighted by atomic mass is 16.2. The molecule has 0 N–H and O–H groups in total. The third-order valence-electron chi connectivity index (χ3n) is 5.41. The lowest BCUT2D eigenvalue weighted by Crippen LogP contribution is -2.53. The van der Waals surface area contributed by atoms with Gasteiger partial charge in [-0.15, -0.1) is 0 Å². The van der Waals surface area contributed by atoms with Crippen LogP contribution in [0.1, 0.15) is 38.5 Å². The lowest BCUT2D eigenvalue weighted by atomic mass is 9.77. The van der Waals surface area contributed by atoms with Gasteiger partial charge in [0.1, 0.15) is 5.57 Å². The van der Waals surface area contributed by atoms with Crippen molar-refractivity contribution in [2.24, 2.45) is 17.8 Å². The molecule has 1 heterocycles. The van der Waals surface area contributed by atoms with Crippen molar-refractivity contribution in [2.75, 3.05) is 14.1 Å². The third kappa shape index (κ3) is 2.28. The van der Waals surface area contributed by atoms with Crippen LogP contribution >= 0.6 is 0 Å². The zero-order valence-corrected chi connectivity index (χ0v) is 12.7. The van der Waals surface area contributed by atoms with Crippen molar-refractivity contribution < 1.29 is 14.4 Å². The Morgan fingerprint density at radius 1 is 0.905 bits per heavy atom. The fourth-order valence-corrected chi connectivity index (χ4v) is 4.19. The Balaban J connectivity index is 1.86. The molecule has 3 fully saturated rings. The molecule has 1 saturated heterocycles. The van der Waals surface area contributed by atoms with Gasteiger partial charge >= 0.3 is 6.03 Å². The number of carbonyl (C=O) groups is 3. The van der Waals surface area contributed by atoms with Gasteiger partial charge in [-0.05, 0) is 37.0 Å². The Morgan fingerprint density at radius 2 is 1.52 bits per heavy atom. The second-order valence-electron chi connectivity index (χ2n) is 6.54. The van der Waals surface area contributed by atoms with E-state index in [1.165, 1.54) is 46.2 Å². The molecule has 0 bridgehead atoms. The number of allylic oxidation sites excluding steroid dienone is 1. The normalized spacial score (nSPS) is 33.5. The van der Waals surface area contributed by atoms with Crippen molar-refractivity contribution in [3.63, 3.8) is 0 Å². The molecule has 0 aromatic carbocycles. The molecule has 2 saturated carbocycles. The Morgan fingerprint density at radius 3 is 2.19 bits per heavy atom. The second kappa shape index (κ2) is 5.28. The number of urea groups is 1. The third-order valence-corrected chi connectivity index (χ3v) is 5.41. The fraction of sp³-hybridized carbons (Fsp3) is 0.688. The van der Waals surface area contributed by atoms with Crippen LogP contribution in [0.15, 0.2) is 11.6 Å². The van der Waals surface area contributed by atoms with Gasteiger partial charge < -0.3 is 0 Å². The van der Waals surface area contributed by atoms with Crippen LogP contribution in [0.5, 0.6) is 0 Å². The van der Waals surface area contributed by atoms with Crippen LogP contribution in [0.3, 0.4) is 0 Å². The van der Waals surface area contributed by atoms with Crippen LogP contribution in [0, 0.1) is 17.8 Å². The summed E-state index contributed by atoms with van der Waals surface area (Å²) in [6, 6.07) is -0.552. The molecule has 3 atom stereocenters. The van der Waals surface area contributed by atoms with Gasteiger partial charge in [0.05, 0.1) is 0 Å². The molecule has 3 unspecified atom stereocenters. The highest BCUT2D eigenvalue weighted by Gasteiger charge is 2.41. The first-order valence-corrected chi connectivity index (χ1v) is 7.82. The van der Waals surface area contributed by atoms with Crippen LogP contribution < -0.4 is 0 Å². The largest absolute Gasteiger partial charge is 0.333 e. The minimum Gasteiger partial charge on any atom is -0.268 e. The summed E-state index contributed by atoms with van der Waals surface area (Å²) >= 11 is 0. The van der Waals surface area contributed by atoms with E-state index in [1.807, 2.05) is 6.08 Å². The van der Waals surface area contributed by atoms with Crippen molar-refractivity contribution in [1.82, 2.24) is 9.80 Å². The van der Waals surface area contributed by atoms with Crippen LogP contribution in [-0.4, -0.2) is 41.7 Å². The number of fused-ring (bicyclic) bond motifs is 1. The van der Waals surface area contributed by atoms with E-state index in [0.717, 1.165) is 22.1 Å². The van der Waals surface area contributed by atoms with E-state index in [2.05, 4.69) is 0 Å². The minimum absolute atomic E-state index is 0.177. The van der Waals surface area contributed by atoms with Gasteiger partial charge in [-0.25, -0.2) is 4.79 Å². The SMILES string of the molecule is CN1C(=O)C(=CC2CCC3CCCCC23)C(=O)N(C)C1=O. The average Bonchev–Trinajstić information content (AvgIpc) is 2.91. The number of likely N-dealkylation sites (N-methyl/N-ethyl adjacent to an activating group) is 2. The Hall–Kier alpha value is -1.65. The minimum atomic E-state index is -0.552. The molecule has 21 heavy (non-hydrogen) atoms. The van der Waals surface area contributed by atoms with E-state index in [9.17, 15) is 14.4 Å². The van der Waals surface area contributed by atoms with E-state index in [1.54, 1.807) is 0 Å². The van der Waals surface area contributed by atoms with Crippen molar-refractivity contribution in [3.8, 4) is 0 Å². The van der Waals surface area contributed by atoms with Crippen molar-refractivity contribution in [3.05, 3.63) is 11.6 Å². The van der Waals surface area contributed by atoms with Gasteiger partial charge in [0.25, 0.3) is 11.8 Å². The van der Waals surface area contributed by atoms with Crippen LogP contribution in [-0.2, 0) is 9.59 Å². The molecule has 0 aromatic rings. The quantitative estimate of drug-likeness (QED) is 0.549. The molecule has 1 aliphatic heterocycles. The van der Waals surface area contributed by atoms with Gasteiger partial charge in [0, 0.05) is 14.1 Å². The number of nitrogens with zero attached hydrogens (tertiary/aromatic N) is 2. The predicted molar refractivity (Wildman–Crippen MR) is 77.2 cm³/mol. The molecule has 5 heteroatoms. The molecule has 3 aliphatic rings. The molecule has 0 aromatic heterocycles. The molecule has 2 aliphatic carbocycles. The van der Waals surface area contributed by atoms with E-state index in [4.69, 9.17) is 0 Å². The number of hydrogen-bond acceptors (Lipinski definition) is 3. The topological polar surface area (TPSA) is 57.7 Å². The number of imide groups is 2. The summed E-state index contributed by atoms with van der Waals surface area (Å²) in [4.78, 5) is 38.3. The summed E-state index contributed by atoms with van der Waals surface area (Å²) in [6.07, 6.45) is 9.16. The van der Waals surface area contributed by atoms with E-state index in [-0.39, 0.29) is 5.57 Å². The molecular weight excluding hydrogens is 268 g/mol.